The molecular formula is C14H26N2O4S. The summed E-state index contributed by atoms with van der Waals surface area (Å²) in [7, 11) is -3.20. The van der Waals surface area contributed by atoms with E-state index >= 15 is 0 Å². The third-order valence-electron chi connectivity index (χ3n) is 4.26. The van der Waals surface area contributed by atoms with Crippen LogP contribution in [-0.2, 0) is 19.4 Å². The van der Waals surface area contributed by atoms with Crippen molar-refractivity contribution in [2.24, 2.45) is 0 Å². The summed E-state index contributed by atoms with van der Waals surface area (Å²) in [6, 6.07) is 0. The van der Waals surface area contributed by atoms with Crippen molar-refractivity contribution in [1.82, 2.24) is 10.2 Å². The van der Waals surface area contributed by atoms with Crippen molar-refractivity contribution in [3.8, 4) is 0 Å². The largest absolute Gasteiger partial charge is 0.342 e. The van der Waals surface area contributed by atoms with Gasteiger partial charge in [-0.2, -0.15) is 0 Å². The first kappa shape index (κ1) is 17.9. The molecule has 0 aliphatic carbocycles. The molecule has 1 aliphatic heterocycles. The van der Waals surface area contributed by atoms with Crippen LogP contribution in [0.3, 0.4) is 0 Å². The summed E-state index contributed by atoms with van der Waals surface area (Å²) in [4.78, 5) is 26.0. The van der Waals surface area contributed by atoms with E-state index in [9.17, 15) is 18.0 Å². The number of carbonyl (C=O) groups excluding carboxylic acids is 2. The number of amides is 2. The maximum Gasteiger partial charge on any atom is 0.248 e. The third kappa shape index (κ3) is 3.96. The minimum atomic E-state index is -3.20. The zero-order valence-corrected chi connectivity index (χ0v) is 14.1. The molecule has 1 aliphatic rings. The highest BCUT2D eigenvalue weighted by Gasteiger charge is 2.41. The van der Waals surface area contributed by atoms with Crippen LogP contribution in [0.4, 0.5) is 0 Å². The molecule has 1 heterocycles. The van der Waals surface area contributed by atoms with Crippen LogP contribution < -0.4 is 5.32 Å². The second-order valence-corrected chi connectivity index (χ2v) is 8.47. The Bertz CT molecular complexity index is 495. The van der Waals surface area contributed by atoms with Crippen LogP contribution in [0.25, 0.3) is 0 Å². The maximum absolute atomic E-state index is 12.7. The Morgan fingerprint density at radius 2 is 1.81 bits per heavy atom. The molecule has 2 amide bonds. The van der Waals surface area contributed by atoms with Crippen LogP contribution >= 0.6 is 0 Å². The molecule has 1 fully saturated rings. The molecule has 0 atom stereocenters. The Morgan fingerprint density at radius 1 is 1.24 bits per heavy atom. The summed E-state index contributed by atoms with van der Waals surface area (Å²) in [5, 5.41) is 2.35. The number of nitrogens with one attached hydrogen (secondary N) is 1. The summed E-state index contributed by atoms with van der Waals surface area (Å²) in [6.07, 6.45) is 1.22. The highest BCUT2D eigenvalue weighted by Crippen LogP contribution is 2.22. The lowest BCUT2D eigenvalue weighted by atomic mass is 9.91. The SMILES string of the molecule is CCC1(CC)NC(=O)CCN(CCS(=O)(=O)C(C)C)C1=O. The molecule has 6 nitrogen and oxygen atoms in total. The van der Waals surface area contributed by atoms with Crippen LogP contribution in [0.15, 0.2) is 0 Å². The van der Waals surface area contributed by atoms with Crippen molar-refractivity contribution in [3.63, 3.8) is 0 Å². The Balaban J connectivity index is 2.91. The molecule has 1 saturated heterocycles. The Morgan fingerprint density at radius 3 is 2.29 bits per heavy atom. The van der Waals surface area contributed by atoms with Gasteiger partial charge in [0.1, 0.15) is 5.54 Å². The van der Waals surface area contributed by atoms with E-state index in [4.69, 9.17) is 0 Å². The minimum absolute atomic E-state index is 0.0614. The first-order valence-electron chi connectivity index (χ1n) is 7.50. The standard InChI is InChI=1S/C14H26N2O4S/c1-5-14(6-2)13(18)16(8-7-12(17)15-14)9-10-21(19,20)11(3)4/h11H,5-10H2,1-4H3,(H,15,17). The highest BCUT2D eigenvalue weighted by molar-refractivity contribution is 7.92. The van der Waals surface area contributed by atoms with Crippen molar-refractivity contribution >= 4 is 21.7 Å². The number of carbonyl (C=O) groups is 2. The summed E-state index contributed by atoms with van der Waals surface area (Å²) in [5.74, 6) is -0.382. The number of hydrogen-bond donors (Lipinski definition) is 1. The van der Waals surface area contributed by atoms with Gasteiger partial charge < -0.3 is 10.2 Å². The van der Waals surface area contributed by atoms with Gasteiger partial charge in [-0.3, -0.25) is 9.59 Å². The molecule has 0 radical (unpaired) electrons. The maximum atomic E-state index is 12.7. The van der Waals surface area contributed by atoms with Gasteiger partial charge in [0, 0.05) is 19.5 Å². The first-order valence-corrected chi connectivity index (χ1v) is 9.22. The summed E-state index contributed by atoms with van der Waals surface area (Å²) >= 11 is 0. The van der Waals surface area contributed by atoms with Gasteiger partial charge in [0.15, 0.2) is 9.84 Å². The fourth-order valence-corrected chi connectivity index (χ4v) is 3.39. The smallest absolute Gasteiger partial charge is 0.248 e. The fraction of sp³-hybridized carbons (Fsp3) is 0.857. The van der Waals surface area contributed by atoms with Gasteiger partial charge >= 0.3 is 0 Å². The molecule has 1 N–H and O–H groups in total. The lowest BCUT2D eigenvalue weighted by Crippen LogP contribution is -2.57. The molecule has 1 rings (SSSR count). The Labute approximate surface area is 127 Å². The van der Waals surface area contributed by atoms with Gasteiger partial charge in [0.25, 0.3) is 0 Å². The predicted octanol–water partition coefficient (Wildman–Crippen LogP) is 0.717. The molecule has 7 heteroatoms. The molecule has 0 aromatic heterocycles. The highest BCUT2D eigenvalue weighted by atomic mass is 32.2. The zero-order chi connectivity index (χ0) is 16.3. The first-order chi connectivity index (χ1) is 9.68. The number of rotatable bonds is 6. The van der Waals surface area contributed by atoms with E-state index in [1.807, 2.05) is 13.8 Å². The van der Waals surface area contributed by atoms with Crippen LogP contribution in [0, 0.1) is 0 Å². The number of hydrogen-bond acceptors (Lipinski definition) is 4. The van der Waals surface area contributed by atoms with Gasteiger partial charge in [-0.1, -0.05) is 13.8 Å². The fourth-order valence-electron chi connectivity index (χ4n) is 2.44. The second-order valence-electron chi connectivity index (χ2n) is 5.80. The molecular weight excluding hydrogens is 292 g/mol. The normalized spacial score (nSPS) is 19.6. The van der Waals surface area contributed by atoms with E-state index in [0.717, 1.165) is 0 Å². The van der Waals surface area contributed by atoms with Crippen molar-refractivity contribution in [2.75, 3.05) is 18.8 Å². The average molecular weight is 318 g/mol. The van der Waals surface area contributed by atoms with Crippen LogP contribution in [0.2, 0.25) is 0 Å². The molecule has 122 valence electrons. The summed E-state index contributed by atoms with van der Waals surface area (Å²) < 4.78 is 23.8. The molecule has 0 aromatic rings. The van der Waals surface area contributed by atoms with Gasteiger partial charge in [0.05, 0.1) is 11.0 Å². The van der Waals surface area contributed by atoms with Gasteiger partial charge in [-0.15, -0.1) is 0 Å². The van der Waals surface area contributed by atoms with Crippen LogP contribution in [-0.4, -0.2) is 54.8 Å². The van der Waals surface area contributed by atoms with Crippen molar-refractivity contribution in [2.45, 2.75) is 57.7 Å². The third-order valence-corrected chi connectivity index (χ3v) is 6.44. The summed E-state index contributed by atoms with van der Waals surface area (Å²) in [6.45, 7) is 7.41. The molecule has 0 aromatic carbocycles. The molecule has 0 spiro atoms. The van der Waals surface area contributed by atoms with E-state index in [1.165, 1.54) is 4.90 Å². The Kier molecular flexibility index (Phi) is 5.78. The predicted molar refractivity (Wildman–Crippen MR) is 81.6 cm³/mol. The quantitative estimate of drug-likeness (QED) is 0.782. The molecule has 21 heavy (non-hydrogen) atoms. The lowest BCUT2D eigenvalue weighted by molar-refractivity contribution is -0.139. The molecule has 0 saturated carbocycles. The van der Waals surface area contributed by atoms with Crippen molar-refractivity contribution in [1.29, 1.82) is 0 Å². The van der Waals surface area contributed by atoms with E-state index in [-0.39, 0.29) is 37.1 Å². The van der Waals surface area contributed by atoms with E-state index in [2.05, 4.69) is 5.32 Å². The summed E-state index contributed by atoms with van der Waals surface area (Å²) in [5.41, 5.74) is -0.894. The van der Waals surface area contributed by atoms with Crippen LogP contribution in [0.5, 0.6) is 0 Å². The van der Waals surface area contributed by atoms with Gasteiger partial charge in [-0.25, -0.2) is 8.42 Å². The topological polar surface area (TPSA) is 83.6 Å². The van der Waals surface area contributed by atoms with E-state index in [0.29, 0.717) is 12.8 Å². The van der Waals surface area contributed by atoms with Crippen molar-refractivity contribution in [3.05, 3.63) is 0 Å². The van der Waals surface area contributed by atoms with Gasteiger partial charge in [-0.05, 0) is 26.7 Å². The zero-order valence-electron chi connectivity index (χ0n) is 13.3. The average Bonchev–Trinajstić information content (AvgIpc) is 2.55. The van der Waals surface area contributed by atoms with Gasteiger partial charge in [0.2, 0.25) is 11.8 Å². The van der Waals surface area contributed by atoms with E-state index in [1.54, 1.807) is 13.8 Å². The van der Waals surface area contributed by atoms with Crippen LogP contribution in [0.1, 0.15) is 47.0 Å². The second kappa shape index (κ2) is 6.77. The Hall–Kier alpha value is -1.11. The number of sulfone groups is 1. The lowest BCUT2D eigenvalue weighted by Gasteiger charge is -2.33. The van der Waals surface area contributed by atoms with Crippen molar-refractivity contribution < 1.29 is 18.0 Å². The number of nitrogens with zero attached hydrogens (tertiary/aromatic N) is 1. The monoisotopic (exact) mass is 318 g/mol. The van der Waals surface area contributed by atoms with E-state index < -0.39 is 20.6 Å². The molecule has 0 unspecified atom stereocenters. The minimum Gasteiger partial charge on any atom is -0.342 e. The molecule has 0 bridgehead atoms.